The summed E-state index contributed by atoms with van der Waals surface area (Å²) in [5, 5.41) is 10.5. The summed E-state index contributed by atoms with van der Waals surface area (Å²) in [6.45, 7) is 4.60. The Labute approximate surface area is 211 Å². The van der Waals surface area contributed by atoms with Crippen molar-refractivity contribution in [3.8, 4) is 0 Å². The lowest BCUT2D eigenvalue weighted by Gasteiger charge is -2.40. The minimum Gasteiger partial charge on any atom is -0.461 e. The summed E-state index contributed by atoms with van der Waals surface area (Å²) in [5.74, 6) is -2.90. The third kappa shape index (κ3) is 3.78. The van der Waals surface area contributed by atoms with Crippen LogP contribution in [0.25, 0.3) is 0 Å². The van der Waals surface area contributed by atoms with Crippen molar-refractivity contribution in [2.24, 2.45) is 11.8 Å². The van der Waals surface area contributed by atoms with E-state index in [9.17, 15) is 19.5 Å². The second kappa shape index (κ2) is 9.48. The molecule has 192 valence electrons. The Morgan fingerprint density at radius 1 is 1.08 bits per heavy atom. The smallest absolute Gasteiger partial charge is 0.313 e. The van der Waals surface area contributed by atoms with Crippen molar-refractivity contribution >= 4 is 17.8 Å². The summed E-state index contributed by atoms with van der Waals surface area (Å²) in [6.07, 6.45) is 9.36. The molecule has 0 radical (unpaired) electrons. The van der Waals surface area contributed by atoms with E-state index in [4.69, 9.17) is 9.47 Å². The third-order valence-electron chi connectivity index (χ3n) is 8.03. The number of ether oxygens (including phenoxy) is 2. The number of cyclic esters (lactones) is 1. The number of rotatable bonds is 7. The van der Waals surface area contributed by atoms with Crippen LogP contribution in [0, 0.1) is 11.8 Å². The molecule has 4 aliphatic heterocycles. The minimum absolute atomic E-state index is 0.113. The number of amides is 2. The van der Waals surface area contributed by atoms with Crippen molar-refractivity contribution in [3.05, 3.63) is 60.2 Å². The Morgan fingerprint density at radius 3 is 2.58 bits per heavy atom. The minimum atomic E-state index is -1.33. The first-order valence-electron chi connectivity index (χ1n) is 12.8. The van der Waals surface area contributed by atoms with Gasteiger partial charge >= 0.3 is 5.97 Å². The molecule has 1 N–H and O–H groups in total. The van der Waals surface area contributed by atoms with Gasteiger partial charge in [-0.25, -0.2) is 0 Å². The zero-order valence-corrected chi connectivity index (χ0v) is 20.8. The summed E-state index contributed by atoms with van der Waals surface area (Å²) in [7, 11) is 0. The van der Waals surface area contributed by atoms with Gasteiger partial charge in [-0.1, -0.05) is 61.9 Å². The first kappa shape index (κ1) is 24.7. The maximum atomic E-state index is 14.3. The van der Waals surface area contributed by atoms with Gasteiger partial charge in [-0.2, -0.15) is 0 Å². The van der Waals surface area contributed by atoms with Crippen LogP contribution in [0.5, 0.6) is 0 Å². The predicted molar refractivity (Wildman–Crippen MR) is 132 cm³/mol. The van der Waals surface area contributed by atoms with Crippen molar-refractivity contribution in [3.63, 3.8) is 0 Å². The fourth-order valence-electron chi connectivity index (χ4n) is 6.42. The molecule has 8 heteroatoms. The molecule has 0 saturated carbocycles. The Hall–Kier alpha value is -2.97. The fourth-order valence-corrected chi connectivity index (χ4v) is 6.42. The molecule has 0 aliphatic carbocycles. The Balaban J connectivity index is 1.62. The van der Waals surface area contributed by atoms with Gasteiger partial charge in [0.15, 0.2) is 0 Å². The maximum absolute atomic E-state index is 14.3. The highest BCUT2D eigenvalue weighted by Crippen LogP contribution is 2.57. The molecule has 8 nitrogen and oxygen atoms in total. The third-order valence-corrected chi connectivity index (χ3v) is 8.03. The standard InChI is InChI=1S/C28H34N2O6/c1-3-4-14-29-15-8-13-28-21(22-26(34)35-16-9-12-27(22,2)36-28)24(32)30(23(28)25(29)33)20(18-31)17-19-10-6-5-7-11-19/h5-13,20-23,31H,3-4,14-18H2,1-2H3/t20-,21+,22-,23?,27+,28+/m1/s1. The number of carbonyl (C=O) groups is 3. The SMILES string of the molecule is CCCCN1CC=C[C@]23O[C@@]4(C)C=CCOC(=O)[C@H]4[C@H]2C(=O)N([C@@H](CO)Cc2ccccc2)C3C1=O. The van der Waals surface area contributed by atoms with Gasteiger partial charge in [0.05, 0.1) is 24.2 Å². The highest BCUT2D eigenvalue weighted by molar-refractivity contribution is 5.99. The van der Waals surface area contributed by atoms with Crippen LogP contribution in [0.1, 0.15) is 32.3 Å². The molecule has 1 aromatic rings. The molecule has 0 aromatic heterocycles. The molecule has 6 atom stereocenters. The Bertz CT molecular complexity index is 1090. The molecule has 2 amide bonds. The van der Waals surface area contributed by atoms with E-state index in [0.29, 0.717) is 19.5 Å². The number of hydrogen-bond donors (Lipinski definition) is 1. The molecule has 4 aliphatic rings. The molecule has 1 unspecified atom stereocenters. The number of likely N-dealkylation sites (tertiary alicyclic amines) is 1. The number of aliphatic hydroxyl groups excluding tert-OH is 1. The van der Waals surface area contributed by atoms with Gasteiger partial charge in [0, 0.05) is 13.1 Å². The number of fused-ring (bicyclic) bond motifs is 2. The quantitative estimate of drug-likeness (QED) is 0.459. The number of esters is 1. The van der Waals surface area contributed by atoms with Gasteiger partial charge in [0.2, 0.25) is 11.8 Å². The molecular weight excluding hydrogens is 460 g/mol. The van der Waals surface area contributed by atoms with Crippen LogP contribution in [0.2, 0.25) is 0 Å². The zero-order chi connectivity index (χ0) is 25.5. The normalized spacial score (nSPS) is 34.1. The van der Waals surface area contributed by atoms with E-state index in [1.165, 1.54) is 4.90 Å². The second-order valence-corrected chi connectivity index (χ2v) is 10.3. The highest BCUT2D eigenvalue weighted by atomic mass is 16.6. The maximum Gasteiger partial charge on any atom is 0.313 e. The Morgan fingerprint density at radius 2 is 1.86 bits per heavy atom. The molecule has 1 aromatic carbocycles. The molecule has 0 bridgehead atoms. The molecular formula is C28H34N2O6. The number of aliphatic hydroxyl groups is 1. The van der Waals surface area contributed by atoms with Gasteiger partial charge in [-0.15, -0.1) is 0 Å². The highest BCUT2D eigenvalue weighted by Gasteiger charge is 2.75. The first-order valence-corrected chi connectivity index (χ1v) is 12.8. The van der Waals surface area contributed by atoms with E-state index in [1.54, 1.807) is 24.0 Å². The van der Waals surface area contributed by atoms with Crippen molar-refractivity contribution in [1.82, 2.24) is 9.80 Å². The predicted octanol–water partition coefficient (Wildman–Crippen LogP) is 1.87. The number of benzene rings is 1. The molecule has 2 saturated heterocycles. The van der Waals surface area contributed by atoms with E-state index in [1.807, 2.05) is 42.5 Å². The zero-order valence-electron chi connectivity index (χ0n) is 20.8. The number of nitrogens with zero attached hydrogens (tertiary/aromatic N) is 2. The van der Waals surface area contributed by atoms with Crippen LogP contribution < -0.4 is 0 Å². The van der Waals surface area contributed by atoms with Crippen LogP contribution >= 0.6 is 0 Å². The van der Waals surface area contributed by atoms with E-state index in [0.717, 1.165) is 18.4 Å². The van der Waals surface area contributed by atoms with Crippen LogP contribution in [-0.4, -0.2) is 82.3 Å². The van der Waals surface area contributed by atoms with Crippen molar-refractivity contribution in [2.45, 2.75) is 56.4 Å². The summed E-state index contributed by atoms with van der Waals surface area (Å²) in [5.41, 5.74) is -1.48. The van der Waals surface area contributed by atoms with E-state index >= 15 is 0 Å². The molecule has 36 heavy (non-hydrogen) atoms. The van der Waals surface area contributed by atoms with Gasteiger partial charge in [0.25, 0.3) is 0 Å². The molecule has 4 heterocycles. The number of carbonyl (C=O) groups excluding carboxylic acids is 3. The number of unbranched alkanes of at least 4 members (excludes halogenated alkanes) is 1. The van der Waals surface area contributed by atoms with E-state index < -0.39 is 41.1 Å². The summed E-state index contributed by atoms with van der Waals surface area (Å²) in [4.78, 5) is 44.9. The van der Waals surface area contributed by atoms with Crippen LogP contribution in [0.15, 0.2) is 54.6 Å². The molecule has 5 rings (SSSR count). The summed E-state index contributed by atoms with van der Waals surface area (Å²) < 4.78 is 12.1. The van der Waals surface area contributed by atoms with E-state index in [-0.39, 0.29) is 25.0 Å². The molecule has 2 fully saturated rings. The lowest BCUT2D eigenvalue weighted by Crippen LogP contribution is -2.59. The van der Waals surface area contributed by atoms with Crippen molar-refractivity contribution < 1.29 is 29.0 Å². The molecule has 1 spiro atoms. The average molecular weight is 495 g/mol. The Kier molecular flexibility index (Phi) is 6.51. The number of hydrogen-bond acceptors (Lipinski definition) is 6. The van der Waals surface area contributed by atoms with E-state index in [2.05, 4.69) is 6.92 Å². The summed E-state index contributed by atoms with van der Waals surface area (Å²) in [6, 6.07) is 7.94. The lowest BCUT2D eigenvalue weighted by atomic mass is 9.75. The summed E-state index contributed by atoms with van der Waals surface area (Å²) >= 11 is 0. The van der Waals surface area contributed by atoms with Gasteiger partial charge in [-0.05, 0) is 31.4 Å². The topological polar surface area (TPSA) is 96.4 Å². The first-order chi connectivity index (χ1) is 17.4. The van der Waals surface area contributed by atoms with Crippen LogP contribution in [0.4, 0.5) is 0 Å². The average Bonchev–Trinajstić information content (AvgIpc) is 3.14. The van der Waals surface area contributed by atoms with Crippen LogP contribution in [0.3, 0.4) is 0 Å². The monoisotopic (exact) mass is 494 g/mol. The van der Waals surface area contributed by atoms with Crippen molar-refractivity contribution in [1.29, 1.82) is 0 Å². The van der Waals surface area contributed by atoms with Gasteiger partial charge in [-0.3, -0.25) is 14.4 Å². The fraction of sp³-hybridized carbons (Fsp3) is 0.536. The van der Waals surface area contributed by atoms with Gasteiger partial charge < -0.3 is 24.4 Å². The lowest BCUT2D eigenvalue weighted by molar-refractivity contribution is -0.159. The second-order valence-electron chi connectivity index (χ2n) is 10.3. The van der Waals surface area contributed by atoms with Crippen molar-refractivity contribution in [2.75, 3.05) is 26.3 Å². The van der Waals surface area contributed by atoms with Crippen LogP contribution in [-0.2, 0) is 30.3 Å². The largest absolute Gasteiger partial charge is 0.461 e. The van der Waals surface area contributed by atoms with Gasteiger partial charge in [0.1, 0.15) is 24.2 Å².